The first-order chi connectivity index (χ1) is 11.0. The first-order valence-corrected chi connectivity index (χ1v) is 6.89. The number of fused-ring (bicyclic) bond motifs is 1. The zero-order valence-electron chi connectivity index (χ0n) is 11.5. The van der Waals surface area contributed by atoms with E-state index in [1.165, 1.54) is 18.5 Å². The van der Waals surface area contributed by atoms with Gasteiger partial charge in [-0.05, 0) is 12.1 Å². The quantitative estimate of drug-likeness (QED) is 0.717. The summed E-state index contributed by atoms with van der Waals surface area (Å²) in [5.74, 6) is -4.73. The van der Waals surface area contributed by atoms with Crippen LogP contribution >= 0.6 is 11.6 Å². The lowest BCUT2D eigenvalue weighted by Crippen LogP contribution is -2.23. The van der Waals surface area contributed by atoms with Gasteiger partial charge in [0.1, 0.15) is 5.65 Å². The van der Waals surface area contributed by atoms with Gasteiger partial charge in [0.25, 0.3) is 5.91 Å². The summed E-state index contributed by atoms with van der Waals surface area (Å²) in [5.41, 5.74) is 0.490. The van der Waals surface area contributed by atoms with Crippen LogP contribution in [0.3, 0.4) is 0 Å². The first-order valence-electron chi connectivity index (χ1n) is 6.51. The maximum absolute atomic E-state index is 13.6. The smallest absolute Gasteiger partial charge is 0.253 e. The Balaban J connectivity index is 1.84. The van der Waals surface area contributed by atoms with Gasteiger partial charge in [-0.25, -0.2) is 18.2 Å². The second-order valence-electron chi connectivity index (χ2n) is 4.74. The average molecular weight is 340 g/mol. The molecule has 0 saturated heterocycles. The van der Waals surface area contributed by atoms with Gasteiger partial charge in [-0.2, -0.15) is 0 Å². The van der Waals surface area contributed by atoms with E-state index in [9.17, 15) is 18.0 Å². The van der Waals surface area contributed by atoms with E-state index in [-0.39, 0.29) is 17.7 Å². The van der Waals surface area contributed by atoms with Gasteiger partial charge in [0, 0.05) is 24.5 Å². The molecule has 2 aromatic heterocycles. The van der Waals surface area contributed by atoms with Gasteiger partial charge in [-0.15, -0.1) is 0 Å². The zero-order valence-corrected chi connectivity index (χ0v) is 12.2. The topological polar surface area (TPSA) is 57.8 Å². The van der Waals surface area contributed by atoms with Crippen molar-refractivity contribution in [2.24, 2.45) is 0 Å². The van der Waals surface area contributed by atoms with Crippen molar-refractivity contribution in [1.82, 2.24) is 15.3 Å². The molecule has 1 aromatic carbocycles. The molecule has 0 fully saturated rings. The molecule has 0 aliphatic heterocycles. The van der Waals surface area contributed by atoms with E-state index in [1.54, 1.807) is 0 Å². The molecule has 0 saturated carbocycles. The van der Waals surface area contributed by atoms with Crippen LogP contribution in [0.4, 0.5) is 13.2 Å². The molecule has 0 atom stereocenters. The summed E-state index contributed by atoms with van der Waals surface area (Å²) < 4.78 is 39.6. The van der Waals surface area contributed by atoms with Crippen molar-refractivity contribution >= 4 is 28.5 Å². The zero-order chi connectivity index (χ0) is 16.6. The maximum atomic E-state index is 13.6. The fourth-order valence-electron chi connectivity index (χ4n) is 2.17. The maximum Gasteiger partial charge on any atom is 0.253 e. The summed E-state index contributed by atoms with van der Waals surface area (Å²) in [5, 5.41) is 3.20. The van der Waals surface area contributed by atoms with E-state index in [4.69, 9.17) is 11.6 Å². The van der Waals surface area contributed by atoms with E-state index < -0.39 is 23.4 Å². The van der Waals surface area contributed by atoms with Crippen LogP contribution in [0.2, 0.25) is 5.02 Å². The molecule has 0 aliphatic carbocycles. The van der Waals surface area contributed by atoms with Crippen molar-refractivity contribution in [1.29, 1.82) is 0 Å². The number of aromatic nitrogens is 2. The minimum atomic E-state index is -1.57. The molecule has 0 radical (unpaired) electrons. The van der Waals surface area contributed by atoms with E-state index in [1.807, 2.05) is 0 Å². The normalized spacial score (nSPS) is 11.0. The molecular formula is C15H9ClF3N3O. The minimum Gasteiger partial charge on any atom is -0.348 e. The molecule has 1 amide bonds. The first kappa shape index (κ1) is 15.4. The molecule has 8 heteroatoms. The molecule has 4 nitrogen and oxygen atoms in total. The van der Waals surface area contributed by atoms with Crippen LogP contribution < -0.4 is 5.32 Å². The van der Waals surface area contributed by atoms with Gasteiger partial charge in [0.2, 0.25) is 0 Å². The van der Waals surface area contributed by atoms with E-state index in [2.05, 4.69) is 15.3 Å². The number of rotatable bonds is 3. The van der Waals surface area contributed by atoms with Gasteiger partial charge in [0.15, 0.2) is 17.5 Å². The van der Waals surface area contributed by atoms with Crippen LogP contribution in [0.25, 0.3) is 11.0 Å². The van der Waals surface area contributed by atoms with Gasteiger partial charge < -0.3 is 10.3 Å². The monoisotopic (exact) mass is 339 g/mol. The number of halogens is 4. The molecule has 0 bridgehead atoms. The predicted molar refractivity (Wildman–Crippen MR) is 78.6 cm³/mol. The Morgan fingerprint density at radius 1 is 1.22 bits per heavy atom. The summed E-state index contributed by atoms with van der Waals surface area (Å²) in [4.78, 5) is 19.0. The lowest BCUT2D eigenvalue weighted by atomic mass is 10.1. The molecular weight excluding hydrogens is 331 g/mol. The number of aromatic amines is 1. The number of nitrogens with one attached hydrogen (secondary N) is 2. The third-order valence-electron chi connectivity index (χ3n) is 3.32. The van der Waals surface area contributed by atoms with Gasteiger partial charge >= 0.3 is 0 Å². The molecule has 0 aliphatic rings. The SMILES string of the molecule is O=C(NCc1ccc(F)c(F)c1F)c1c[nH]c2nccc(Cl)c12. The minimum absolute atomic E-state index is 0.165. The van der Waals surface area contributed by atoms with Gasteiger partial charge in [0.05, 0.1) is 16.0 Å². The molecule has 0 unspecified atom stereocenters. The Morgan fingerprint density at radius 2 is 2.00 bits per heavy atom. The van der Waals surface area contributed by atoms with E-state index in [0.717, 1.165) is 12.1 Å². The molecule has 118 valence electrons. The van der Waals surface area contributed by atoms with Crippen molar-refractivity contribution in [2.45, 2.75) is 6.54 Å². The predicted octanol–water partition coefficient (Wildman–Crippen LogP) is 3.56. The molecule has 3 rings (SSSR count). The third-order valence-corrected chi connectivity index (χ3v) is 3.64. The molecule has 2 heterocycles. The number of benzene rings is 1. The van der Waals surface area contributed by atoms with E-state index in [0.29, 0.717) is 16.1 Å². The lowest BCUT2D eigenvalue weighted by Gasteiger charge is -2.07. The molecule has 3 aromatic rings. The number of nitrogens with zero attached hydrogens (tertiary/aromatic N) is 1. The molecule has 0 spiro atoms. The fraction of sp³-hybridized carbons (Fsp3) is 0.0667. The lowest BCUT2D eigenvalue weighted by molar-refractivity contribution is 0.0952. The van der Waals surface area contributed by atoms with Crippen molar-refractivity contribution in [3.8, 4) is 0 Å². The van der Waals surface area contributed by atoms with Crippen molar-refractivity contribution in [2.75, 3.05) is 0 Å². The van der Waals surface area contributed by atoms with Crippen LogP contribution in [0.1, 0.15) is 15.9 Å². The van der Waals surface area contributed by atoms with Gasteiger partial charge in [-0.3, -0.25) is 4.79 Å². The number of amides is 1. The van der Waals surface area contributed by atoms with Crippen LogP contribution in [-0.2, 0) is 6.54 Å². The third kappa shape index (κ3) is 2.75. The van der Waals surface area contributed by atoms with Crippen LogP contribution in [0.5, 0.6) is 0 Å². The number of carbonyl (C=O) groups is 1. The standard InChI is InChI=1S/C15H9ClF3N3O/c16-9-3-4-20-14-11(9)8(6-21-14)15(23)22-5-7-1-2-10(17)13(19)12(7)18/h1-4,6H,5H2,(H,20,21)(H,22,23). The second kappa shape index (κ2) is 5.92. The van der Waals surface area contributed by atoms with Gasteiger partial charge in [-0.1, -0.05) is 17.7 Å². The Kier molecular flexibility index (Phi) is 3.96. The number of hydrogen-bond acceptors (Lipinski definition) is 2. The summed E-state index contributed by atoms with van der Waals surface area (Å²) in [6, 6.07) is 3.40. The van der Waals surface area contributed by atoms with Crippen molar-refractivity contribution in [3.63, 3.8) is 0 Å². The average Bonchev–Trinajstić information content (AvgIpc) is 2.97. The Morgan fingerprint density at radius 3 is 2.78 bits per heavy atom. The Labute approximate surface area is 133 Å². The number of pyridine rings is 1. The Bertz CT molecular complexity index is 910. The number of hydrogen-bond donors (Lipinski definition) is 2. The van der Waals surface area contributed by atoms with Crippen LogP contribution in [0, 0.1) is 17.5 Å². The summed E-state index contributed by atoms with van der Waals surface area (Å²) in [7, 11) is 0. The van der Waals surface area contributed by atoms with E-state index >= 15 is 0 Å². The Hall–Kier alpha value is -2.54. The number of H-pyrrole nitrogens is 1. The summed E-state index contributed by atoms with van der Waals surface area (Å²) >= 11 is 6.04. The largest absolute Gasteiger partial charge is 0.348 e. The van der Waals surface area contributed by atoms with Crippen molar-refractivity contribution < 1.29 is 18.0 Å². The molecule has 23 heavy (non-hydrogen) atoms. The summed E-state index contributed by atoms with van der Waals surface area (Å²) in [6.07, 6.45) is 2.90. The van der Waals surface area contributed by atoms with Crippen LogP contribution in [-0.4, -0.2) is 15.9 Å². The fourth-order valence-corrected chi connectivity index (χ4v) is 2.42. The summed E-state index contributed by atoms with van der Waals surface area (Å²) in [6.45, 7) is -0.299. The number of carbonyl (C=O) groups excluding carboxylic acids is 1. The second-order valence-corrected chi connectivity index (χ2v) is 5.14. The highest BCUT2D eigenvalue weighted by Crippen LogP contribution is 2.25. The van der Waals surface area contributed by atoms with Crippen LogP contribution in [0.15, 0.2) is 30.6 Å². The highest BCUT2D eigenvalue weighted by molar-refractivity contribution is 6.36. The molecule has 2 N–H and O–H groups in total. The van der Waals surface area contributed by atoms with Crippen molar-refractivity contribution in [3.05, 3.63) is 64.2 Å². The highest BCUT2D eigenvalue weighted by Gasteiger charge is 2.17. The highest BCUT2D eigenvalue weighted by atomic mass is 35.5.